The summed E-state index contributed by atoms with van der Waals surface area (Å²) in [6.45, 7) is 5.80. The smallest absolute Gasteiger partial charge is 0.261 e. The molecule has 2 amide bonds. The van der Waals surface area contributed by atoms with Gasteiger partial charge in [0.15, 0.2) is 6.61 Å². The van der Waals surface area contributed by atoms with Gasteiger partial charge in [-0.2, -0.15) is 0 Å². The molecule has 0 aliphatic carbocycles. The largest absolute Gasteiger partial charge is 0.497 e. The Morgan fingerprint density at radius 1 is 0.903 bits per heavy atom. The van der Waals surface area contributed by atoms with Crippen LogP contribution in [0.15, 0.2) is 48.5 Å². The van der Waals surface area contributed by atoms with Crippen molar-refractivity contribution in [1.29, 1.82) is 0 Å². The van der Waals surface area contributed by atoms with E-state index in [2.05, 4.69) is 5.32 Å². The van der Waals surface area contributed by atoms with Crippen LogP contribution in [-0.2, 0) is 16.1 Å². The average molecular weight is 429 g/mol. The first-order valence-corrected chi connectivity index (χ1v) is 10.4. The maximum absolute atomic E-state index is 13.1. The van der Waals surface area contributed by atoms with E-state index >= 15 is 0 Å². The van der Waals surface area contributed by atoms with Gasteiger partial charge in [-0.3, -0.25) is 9.59 Å². The monoisotopic (exact) mass is 428 g/mol. The van der Waals surface area contributed by atoms with Crippen LogP contribution in [0.3, 0.4) is 0 Å². The van der Waals surface area contributed by atoms with Crippen LogP contribution in [-0.4, -0.2) is 49.6 Å². The van der Waals surface area contributed by atoms with Crippen LogP contribution in [0.25, 0.3) is 0 Å². The molecule has 0 spiro atoms. The summed E-state index contributed by atoms with van der Waals surface area (Å²) >= 11 is 0. The SMILES string of the molecule is CC[C@@H](C(=O)NC(C)C)N(Cc1ccc(OC)cc1)C(=O)COc1ccc(OC)cc1. The van der Waals surface area contributed by atoms with E-state index in [4.69, 9.17) is 14.2 Å². The van der Waals surface area contributed by atoms with Crippen molar-refractivity contribution in [3.05, 3.63) is 54.1 Å². The van der Waals surface area contributed by atoms with Crippen molar-refractivity contribution in [3.63, 3.8) is 0 Å². The van der Waals surface area contributed by atoms with Crippen molar-refractivity contribution in [3.8, 4) is 17.2 Å². The molecule has 31 heavy (non-hydrogen) atoms. The second kappa shape index (κ2) is 11.8. The second-order valence-electron chi connectivity index (χ2n) is 7.42. The lowest BCUT2D eigenvalue weighted by molar-refractivity contribution is -0.143. The summed E-state index contributed by atoms with van der Waals surface area (Å²) in [5.74, 6) is 1.55. The van der Waals surface area contributed by atoms with Gasteiger partial charge in [0, 0.05) is 12.6 Å². The van der Waals surface area contributed by atoms with Crippen molar-refractivity contribution in [2.45, 2.75) is 45.8 Å². The molecule has 0 aliphatic rings. The third-order valence-electron chi connectivity index (χ3n) is 4.75. The van der Waals surface area contributed by atoms with Gasteiger partial charge in [-0.15, -0.1) is 0 Å². The lowest BCUT2D eigenvalue weighted by atomic mass is 10.1. The first-order valence-electron chi connectivity index (χ1n) is 10.4. The predicted molar refractivity (Wildman–Crippen MR) is 119 cm³/mol. The van der Waals surface area contributed by atoms with E-state index in [0.717, 1.165) is 11.3 Å². The average Bonchev–Trinajstić information content (AvgIpc) is 2.77. The molecule has 7 nitrogen and oxygen atoms in total. The molecule has 2 rings (SSSR count). The fourth-order valence-electron chi connectivity index (χ4n) is 3.13. The van der Waals surface area contributed by atoms with Gasteiger partial charge in [0.2, 0.25) is 5.91 Å². The Kier molecular flexibility index (Phi) is 9.18. The first kappa shape index (κ1) is 24.1. The number of nitrogens with one attached hydrogen (secondary N) is 1. The Morgan fingerprint density at radius 2 is 1.42 bits per heavy atom. The van der Waals surface area contributed by atoms with Crippen LogP contribution in [0.1, 0.15) is 32.8 Å². The first-order chi connectivity index (χ1) is 14.9. The molecule has 1 N–H and O–H groups in total. The van der Waals surface area contributed by atoms with E-state index in [1.165, 1.54) is 0 Å². The quantitative estimate of drug-likeness (QED) is 0.594. The van der Waals surface area contributed by atoms with Crippen LogP contribution in [0, 0.1) is 0 Å². The number of hydrogen-bond acceptors (Lipinski definition) is 5. The molecule has 1 atom stereocenters. The highest BCUT2D eigenvalue weighted by Crippen LogP contribution is 2.19. The maximum atomic E-state index is 13.1. The third kappa shape index (κ3) is 7.20. The van der Waals surface area contributed by atoms with Crippen LogP contribution in [0.2, 0.25) is 0 Å². The minimum Gasteiger partial charge on any atom is -0.497 e. The number of rotatable bonds is 11. The van der Waals surface area contributed by atoms with Gasteiger partial charge in [-0.1, -0.05) is 19.1 Å². The molecule has 168 valence electrons. The van der Waals surface area contributed by atoms with E-state index in [1.54, 1.807) is 43.4 Å². The van der Waals surface area contributed by atoms with E-state index in [1.807, 2.05) is 45.0 Å². The molecule has 0 aromatic heterocycles. The van der Waals surface area contributed by atoms with E-state index in [9.17, 15) is 9.59 Å². The van der Waals surface area contributed by atoms with E-state index in [-0.39, 0.29) is 24.5 Å². The van der Waals surface area contributed by atoms with Crippen LogP contribution < -0.4 is 19.5 Å². The summed E-state index contributed by atoms with van der Waals surface area (Å²) in [7, 11) is 3.19. The predicted octanol–water partition coefficient (Wildman–Crippen LogP) is 3.41. The number of carbonyl (C=O) groups is 2. The standard InChI is InChI=1S/C24H32N2O5/c1-6-22(24(28)25-17(2)3)26(15-18-7-9-19(29-4)10-8-18)23(27)16-31-21-13-11-20(30-5)12-14-21/h7-14,17,22H,6,15-16H2,1-5H3,(H,25,28)/t22-/m0/s1. The minimum atomic E-state index is -0.600. The molecule has 7 heteroatoms. The summed E-state index contributed by atoms with van der Waals surface area (Å²) in [4.78, 5) is 27.5. The molecule has 0 fully saturated rings. The fourth-order valence-corrected chi connectivity index (χ4v) is 3.13. The number of nitrogens with zero attached hydrogens (tertiary/aromatic N) is 1. The van der Waals surface area contributed by atoms with Gasteiger partial charge >= 0.3 is 0 Å². The van der Waals surface area contributed by atoms with Gasteiger partial charge in [0.1, 0.15) is 23.3 Å². The second-order valence-corrected chi connectivity index (χ2v) is 7.42. The van der Waals surface area contributed by atoms with Crippen LogP contribution >= 0.6 is 0 Å². The number of hydrogen-bond donors (Lipinski definition) is 1. The van der Waals surface area contributed by atoms with Crippen LogP contribution in [0.4, 0.5) is 0 Å². The zero-order chi connectivity index (χ0) is 22.8. The van der Waals surface area contributed by atoms with Gasteiger partial charge in [-0.05, 0) is 62.2 Å². The zero-order valence-electron chi connectivity index (χ0n) is 18.9. The van der Waals surface area contributed by atoms with Gasteiger partial charge in [0.25, 0.3) is 5.91 Å². The van der Waals surface area contributed by atoms with Gasteiger partial charge in [0.05, 0.1) is 14.2 Å². The van der Waals surface area contributed by atoms with Crippen molar-refractivity contribution < 1.29 is 23.8 Å². The molecular weight excluding hydrogens is 396 g/mol. The summed E-state index contributed by atoms with van der Waals surface area (Å²) in [6, 6.07) is 13.8. The lowest BCUT2D eigenvalue weighted by Crippen LogP contribution is -2.51. The molecule has 0 saturated heterocycles. The molecular formula is C24H32N2O5. The molecule has 2 aromatic rings. The Bertz CT molecular complexity index is 834. The summed E-state index contributed by atoms with van der Waals surface area (Å²) in [5.41, 5.74) is 0.898. The summed E-state index contributed by atoms with van der Waals surface area (Å²) in [5, 5.41) is 2.91. The number of carbonyl (C=O) groups excluding carboxylic acids is 2. The van der Waals surface area contributed by atoms with Crippen molar-refractivity contribution in [2.24, 2.45) is 0 Å². The highest BCUT2D eigenvalue weighted by atomic mass is 16.5. The normalized spacial score (nSPS) is 11.5. The molecule has 0 unspecified atom stereocenters. The Hall–Kier alpha value is -3.22. The van der Waals surface area contributed by atoms with E-state index < -0.39 is 6.04 Å². The Morgan fingerprint density at radius 3 is 1.90 bits per heavy atom. The van der Waals surface area contributed by atoms with E-state index in [0.29, 0.717) is 24.5 Å². The molecule has 0 heterocycles. The van der Waals surface area contributed by atoms with Gasteiger partial charge in [-0.25, -0.2) is 0 Å². The fraction of sp³-hybridized carbons (Fsp3) is 0.417. The number of methoxy groups -OCH3 is 2. The molecule has 2 aromatic carbocycles. The van der Waals surface area contributed by atoms with Gasteiger partial charge < -0.3 is 24.4 Å². The molecule has 0 radical (unpaired) electrons. The van der Waals surface area contributed by atoms with Crippen molar-refractivity contribution in [1.82, 2.24) is 10.2 Å². The van der Waals surface area contributed by atoms with Crippen molar-refractivity contribution in [2.75, 3.05) is 20.8 Å². The number of ether oxygens (including phenoxy) is 3. The van der Waals surface area contributed by atoms with Crippen LogP contribution in [0.5, 0.6) is 17.2 Å². The van der Waals surface area contributed by atoms with Crippen molar-refractivity contribution >= 4 is 11.8 Å². The number of benzene rings is 2. The Balaban J connectivity index is 2.18. The number of amides is 2. The minimum absolute atomic E-state index is 0.0185. The molecule has 0 aliphatic heterocycles. The Labute approximate surface area is 184 Å². The summed E-state index contributed by atoms with van der Waals surface area (Å²) in [6.07, 6.45) is 0.489. The lowest BCUT2D eigenvalue weighted by Gasteiger charge is -2.31. The molecule has 0 bridgehead atoms. The zero-order valence-corrected chi connectivity index (χ0v) is 18.9. The highest BCUT2D eigenvalue weighted by Gasteiger charge is 2.29. The third-order valence-corrected chi connectivity index (χ3v) is 4.75. The highest BCUT2D eigenvalue weighted by molar-refractivity contribution is 5.88. The maximum Gasteiger partial charge on any atom is 0.261 e. The topological polar surface area (TPSA) is 77.1 Å². The summed E-state index contributed by atoms with van der Waals surface area (Å²) < 4.78 is 16.0. The molecule has 0 saturated carbocycles.